The van der Waals surface area contributed by atoms with Gasteiger partial charge in [-0.2, -0.15) is 5.10 Å². The molecule has 102 valence electrons. The lowest BCUT2D eigenvalue weighted by Gasteiger charge is -2.12. The zero-order valence-electron chi connectivity index (χ0n) is 11.5. The highest BCUT2D eigenvalue weighted by molar-refractivity contribution is 5.31. The maximum atomic E-state index is 6.24. The van der Waals surface area contributed by atoms with Crippen molar-refractivity contribution in [2.75, 3.05) is 6.61 Å². The number of hydrogen-bond acceptors (Lipinski definition) is 3. The first-order valence-electron chi connectivity index (χ1n) is 6.65. The summed E-state index contributed by atoms with van der Waals surface area (Å²) in [5.74, 6) is 0.890. The van der Waals surface area contributed by atoms with Crippen molar-refractivity contribution >= 4 is 0 Å². The van der Waals surface area contributed by atoms with Crippen LogP contribution in [0.15, 0.2) is 36.7 Å². The summed E-state index contributed by atoms with van der Waals surface area (Å²) in [6.07, 6.45) is 5.64. The molecule has 0 fully saturated rings. The van der Waals surface area contributed by atoms with E-state index in [0.717, 1.165) is 36.3 Å². The highest BCUT2D eigenvalue weighted by Gasteiger charge is 2.09. The number of nitrogens with two attached hydrogens (primary N) is 1. The predicted molar refractivity (Wildman–Crippen MR) is 76.1 cm³/mol. The zero-order chi connectivity index (χ0) is 13.7. The first-order chi connectivity index (χ1) is 9.19. The Hall–Kier alpha value is -1.81. The largest absolute Gasteiger partial charge is 0.494 e. The molecule has 0 bridgehead atoms. The van der Waals surface area contributed by atoms with Crippen LogP contribution in [0.2, 0.25) is 0 Å². The third kappa shape index (κ3) is 3.83. The molecule has 0 aliphatic carbocycles. The summed E-state index contributed by atoms with van der Waals surface area (Å²) in [7, 11) is 1.91. The van der Waals surface area contributed by atoms with Crippen LogP contribution in [-0.4, -0.2) is 16.4 Å². The normalized spacial score (nSPS) is 12.4. The van der Waals surface area contributed by atoms with E-state index in [1.807, 2.05) is 43.7 Å². The van der Waals surface area contributed by atoms with E-state index >= 15 is 0 Å². The number of benzene rings is 1. The second-order valence-corrected chi connectivity index (χ2v) is 4.75. The Bertz CT molecular complexity index is 522. The molecular formula is C15H21N3O. The summed E-state index contributed by atoms with van der Waals surface area (Å²) in [5.41, 5.74) is 8.48. The molecule has 4 nitrogen and oxygen atoms in total. The molecule has 0 amide bonds. The van der Waals surface area contributed by atoms with Crippen molar-refractivity contribution in [2.24, 2.45) is 12.8 Å². The van der Waals surface area contributed by atoms with Crippen LogP contribution in [0.25, 0.3) is 0 Å². The van der Waals surface area contributed by atoms with Crippen molar-refractivity contribution in [3.63, 3.8) is 0 Å². The predicted octanol–water partition coefficient (Wildman–Crippen LogP) is 2.45. The molecule has 0 spiro atoms. The van der Waals surface area contributed by atoms with Crippen molar-refractivity contribution in [1.82, 2.24) is 9.78 Å². The summed E-state index contributed by atoms with van der Waals surface area (Å²) < 4.78 is 7.42. The maximum absolute atomic E-state index is 6.24. The van der Waals surface area contributed by atoms with E-state index < -0.39 is 0 Å². The number of hydrogen-bond donors (Lipinski definition) is 1. The maximum Gasteiger partial charge on any atom is 0.119 e. The summed E-state index contributed by atoms with van der Waals surface area (Å²) >= 11 is 0. The van der Waals surface area contributed by atoms with Gasteiger partial charge in [0, 0.05) is 19.3 Å². The number of nitrogens with zero attached hydrogens (tertiary/aromatic N) is 2. The van der Waals surface area contributed by atoms with Gasteiger partial charge in [0.05, 0.1) is 12.8 Å². The molecule has 0 radical (unpaired) electrons. The van der Waals surface area contributed by atoms with Crippen LogP contribution in [0.1, 0.15) is 30.5 Å². The molecule has 1 heterocycles. The summed E-state index contributed by atoms with van der Waals surface area (Å²) in [4.78, 5) is 0. The standard InChI is InChI=1S/C15H21N3O/c1-3-7-19-14-6-4-5-13(9-14)15(16)8-12-10-17-18(2)11-12/h4-6,9-11,15H,3,7-8,16H2,1-2H3. The van der Waals surface area contributed by atoms with E-state index in [1.165, 1.54) is 0 Å². The lowest BCUT2D eigenvalue weighted by Crippen LogP contribution is -2.13. The van der Waals surface area contributed by atoms with E-state index in [0.29, 0.717) is 0 Å². The molecule has 1 aromatic carbocycles. The highest BCUT2D eigenvalue weighted by atomic mass is 16.5. The molecule has 0 saturated heterocycles. The molecule has 1 unspecified atom stereocenters. The van der Waals surface area contributed by atoms with Crippen molar-refractivity contribution < 1.29 is 4.74 Å². The van der Waals surface area contributed by atoms with Crippen LogP contribution >= 0.6 is 0 Å². The molecule has 1 aromatic heterocycles. The smallest absolute Gasteiger partial charge is 0.119 e. The van der Waals surface area contributed by atoms with Crippen LogP contribution in [-0.2, 0) is 13.5 Å². The van der Waals surface area contributed by atoms with Gasteiger partial charge in [-0.25, -0.2) is 0 Å². The van der Waals surface area contributed by atoms with E-state index in [2.05, 4.69) is 12.0 Å². The third-order valence-electron chi connectivity index (χ3n) is 2.97. The molecule has 0 aliphatic heterocycles. The van der Waals surface area contributed by atoms with Crippen molar-refractivity contribution in [1.29, 1.82) is 0 Å². The molecule has 2 N–H and O–H groups in total. The number of aryl methyl sites for hydroxylation is 1. The minimum atomic E-state index is -0.0330. The quantitative estimate of drug-likeness (QED) is 0.867. The van der Waals surface area contributed by atoms with Gasteiger partial charge in [0.15, 0.2) is 0 Å². The van der Waals surface area contributed by atoms with Crippen molar-refractivity contribution in [2.45, 2.75) is 25.8 Å². The number of ether oxygens (including phenoxy) is 1. The Balaban J connectivity index is 2.03. The van der Waals surface area contributed by atoms with Gasteiger partial charge >= 0.3 is 0 Å². The molecule has 19 heavy (non-hydrogen) atoms. The van der Waals surface area contributed by atoms with Crippen LogP contribution in [0, 0.1) is 0 Å². The van der Waals surface area contributed by atoms with Gasteiger partial charge in [-0.3, -0.25) is 4.68 Å². The fraction of sp³-hybridized carbons (Fsp3) is 0.400. The summed E-state index contributed by atoms with van der Waals surface area (Å²) in [6, 6.07) is 7.99. The SMILES string of the molecule is CCCOc1cccc(C(N)Cc2cnn(C)c2)c1. The monoisotopic (exact) mass is 259 g/mol. The van der Waals surface area contributed by atoms with E-state index in [9.17, 15) is 0 Å². The van der Waals surface area contributed by atoms with Gasteiger partial charge in [0.25, 0.3) is 0 Å². The minimum Gasteiger partial charge on any atom is -0.494 e. The topological polar surface area (TPSA) is 53.1 Å². The Morgan fingerprint density at radius 2 is 2.26 bits per heavy atom. The Kier molecular flexibility index (Phi) is 4.58. The third-order valence-corrected chi connectivity index (χ3v) is 2.97. The van der Waals surface area contributed by atoms with Gasteiger partial charge in [0.2, 0.25) is 0 Å². The summed E-state index contributed by atoms with van der Waals surface area (Å²) in [5, 5.41) is 4.16. The lowest BCUT2D eigenvalue weighted by molar-refractivity contribution is 0.317. The first kappa shape index (κ1) is 13.6. The molecule has 2 aromatic rings. The highest BCUT2D eigenvalue weighted by Crippen LogP contribution is 2.20. The molecule has 1 atom stereocenters. The molecule has 2 rings (SSSR count). The van der Waals surface area contributed by atoms with Gasteiger partial charge < -0.3 is 10.5 Å². The van der Waals surface area contributed by atoms with Crippen LogP contribution < -0.4 is 10.5 Å². The summed E-state index contributed by atoms with van der Waals surface area (Å²) in [6.45, 7) is 2.83. The van der Waals surface area contributed by atoms with Crippen molar-refractivity contribution in [3.8, 4) is 5.75 Å². The zero-order valence-corrected chi connectivity index (χ0v) is 11.5. The molecule has 0 aliphatic rings. The minimum absolute atomic E-state index is 0.0330. The second kappa shape index (κ2) is 6.38. The Labute approximate surface area is 114 Å². The van der Waals surface area contributed by atoms with E-state index in [4.69, 9.17) is 10.5 Å². The molecule has 4 heteroatoms. The van der Waals surface area contributed by atoms with Gasteiger partial charge in [-0.15, -0.1) is 0 Å². The Morgan fingerprint density at radius 3 is 2.95 bits per heavy atom. The molecule has 0 saturated carbocycles. The second-order valence-electron chi connectivity index (χ2n) is 4.75. The fourth-order valence-corrected chi connectivity index (χ4v) is 2.00. The van der Waals surface area contributed by atoms with Gasteiger partial charge in [-0.05, 0) is 36.1 Å². The van der Waals surface area contributed by atoms with E-state index in [1.54, 1.807) is 4.68 Å². The van der Waals surface area contributed by atoms with Crippen molar-refractivity contribution in [3.05, 3.63) is 47.8 Å². The fourth-order valence-electron chi connectivity index (χ4n) is 2.00. The first-order valence-corrected chi connectivity index (χ1v) is 6.65. The lowest BCUT2D eigenvalue weighted by atomic mass is 10.0. The van der Waals surface area contributed by atoms with Gasteiger partial charge in [0.1, 0.15) is 5.75 Å². The average Bonchev–Trinajstić information content (AvgIpc) is 2.82. The molecular weight excluding hydrogens is 238 g/mol. The van der Waals surface area contributed by atoms with E-state index in [-0.39, 0.29) is 6.04 Å². The van der Waals surface area contributed by atoms with Crippen LogP contribution in [0.5, 0.6) is 5.75 Å². The number of aromatic nitrogens is 2. The van der Waals surface area contributed by atoms with Crippen LogP contribution in [0.4, 0.5) is 0 Å². The Morgan fingerprint density at radius 1 is 1.42 bits per heavy atom. The van der Waals surface area contributed by atoms with Crippen LogP contribution in [0.3, 0.4) is 0 Å². The average molecular weight is 259 g/mol. The van der Waals surface area contributed by atoms with Gasteiger partial charge in [-0.1, -0.05) is 19.1 Å². The number of rotatable bonds is 6.